The third kappa shape index (κ3) is 3.56. The molecule has 0 saturated heterocycles. The van der Waals surface area contributed by atoms with E-state index in [4.69, 9.17) is 16.0 Å². The van der Waals surface area contributed by atoms with Crippen molar-refractivity contribution in [3.63, 3.8) is 0 Å². The molecule has 0 bridgehead atoms. The highest BCUT2D eigenvalue weighted by Crippen LogP contribution is 2.28. The summed E-state index contributed by atoms with van der Waals surface area (Å²) in [6.07, 6.45) is 0. The Morgan fingerprint density at radius 1 is 1.07 bits per heavy atom. The Kier molecular flexibility index (Phi) is 4.50. The maximum atomic E-state index is 12.4. The lowest BCUT2D eigenvalue weighted by Gasteiger charge is -2.04. The lowest BCUT2D eigenvalue weighted by atomic mass is 10.2. The van der Waals surface area contributed by atoms with Crippen molar-refractivity contribution in [2.75, 3.05) is 5.32 Å². The van der Waals surface area contributed by atoms with Gasteiger partial charge < -0.3 is 9.73 Å². The summed E-state index contributed by atoms with van der Waals surface area (Å²) < 4.78 is 5.78. The van der Waals surface area contributed by atoms with Gasteiger partial charge in [0.05, 0.1) is 4.92 Å². The second kappa shape index (κ2) is 7.13. The van der Waals surface area contributed by atoms with Gasteiger partial charge in [-0.1, -0.05) is 23.7 Å². The summed E-state index contributed by atoms with van der Waals surface area (Å²) in [4.78, 5) is 27.1. The van der Waals surface area contributed by atoms with Gasteiger partial charge in [-0.2, -0.15) is 0 Å². The topological polar surface area (TPSA) is 98.3 Å². The van der Waals surface area contributed by atoms with Crippen LogP contribution in [0.4, 0.5) is 11.4 Å². The standard InChI is InChI=1S/C20H12ClN3O4/c21-14-5-1-4-13(9-14)20-23-17-8-7-15(11-18(17)28-20)22-19(25)12-3-2-6-16(10-12)24(26)27/h1-11H,(H,22,25). The second-order valence-corrected chi connectivity index (χ2v) is 6.41. The zero-order chi connectivity index (χ0) is 19.7. The number of nitro benzene ring substituents is 1. The third-order valence-electron chi connectivity index (χ3n) is 4.04. The fraction of sp³-hybridized carbons (Fsp3) is 0. The smallest absolute Gasteiger partial charge is 0.270 e. The first-order valence-electron chi connectivity index (χ1n) is 8.22. The van der Waals surface area contributed by atoms with E-state index in [2.05, 4.69) is 10.3 Å². The number of hydrogen-bond acceptors (Lipinski definition) is 5. The third-order valence-corrected chi connectivity index (χ3v) is 4.27. The van der Waals surface area contributed by atoms with E-state index in [1.54, 1.807) is 36.4 Å². The summed E-state index contributed by atoms with van der Waals surface area (Å²) in [7, 11) is 0. The van der Waals surface area contributed by atoms with Crippen molar-refractivity contribution in [2.45, 2.75) is 0 Å². The van der Waals surface area contributed by atoms with Gasteiger partial charge in [-0.3, -0.25) is 14.9 Å². The van der Waals surface area contributed by atoms with Crippen LogP contribution in [0.25, 0.3) is 22.6 Å². The molecule has 0 atom stereocenters. The molecule has 4 aromatic rings. The summed E-state index contributed by atoms with van der Waals surface area (Å²) in [6.45, 7) is 0. The Hall–Kier alpha value is -3.71. The first-order valence-corrected chi connectivity index (χ1v) is 8.60. The first-order chi connectivity index (χ1) is 13.5. The molecule has 1 aromatic heterocycles. The largest absolute Gasteiger partial charge is 0.436 e. The molecule has 1 amide bonds. The number of oxazole rings is 1. The highest BCUT2D eigenvalue weighted by Gasteiger charge is 2.13. The number of aromatic nitrogens is 1. The number of halogens is 1. The van der Waals surface area contributed by atoms with E-state index < -0.39 is 10.8 Å². The molecule has 0 unspecified atom stereocenters. The summed E-state index contributed by atoms with van der Waals surface area (Å²) >= 11 is 6.01. The van der Waals surface area contributed by atoms with Crippen LogP contribution in [0.1, 0.15) is 10.4 Å². The number of rotatable bonds is 4. The van der Waals surface area contributed by atoms with Crippen molar-refractivity contribution in [3.8, 4) is 11.5 Å². The Labute approximate surface area is 163 Å². The number of anilines is 1. The van der Waals surface area contributed by atoms with Crippen molar-refractivity contribution in [1.82, 2.24) is 4.98 Å². The fourth-order valence-electron chi connectivity index (χ4n) is 2.71. The summed E-state index contributed by atoms with van der Waals surface area (Å²) in [6, 6.07) is 17.7. The van der Waals surface area contributed by atoms with Crippen LogP contribution in [0.2, 0.25) is 5.02 Å². The van der Waals surface area contributed by atoms with Gasteiger partial charge in [0.15, 0.2) is 5.58 Å². The van der Waals surface area contributed by atoms with E-state index in [1.165, 1.54) is 24.3 Å². The number of fused-ring (bicyclic) bond motifs is 1. The molecule has 28 heavy (non-hydrogen) atoms. The number of benzene rings is 3. The van der Waals surface area contributed by atoms with Crippen molar-refractivity contribution in [3.05, 3.63) is 87.4 Å². The molecule has 0 fully saturated rings. The molecule has 0 aliphatic rings. The zero-order valence-corrected chi connectivity index (χ0v) is 15.0. The van der Waals surface area contributed by atoms with E-state index in [-0.39, 0.29) is 11.3 Å². The molecule has 138 valence electrons. The highest BCUT2D eigenvalue weighted by atomic mass is 35.5. The van der Waals surface area contributed by atoms with Crippen molar-refractivity contribution in [2.24, 2.45) is 0 Å². The van der Waals surface area contributed by atoms with Crippen molar-refractivity contribution in [1.29, 1.82) is 0 Å². The van der Waals surface area contributed by atoms with Gasteiger partial charge in [-0.15, -0.1) is 0 Å². The Balaban J connectivity index is 1.60. The normalized spacial score (nSPS) is 10.8. The van der Waals surface area contributed by atoms with Gasteiger partial charge in [-0.25, -0.2) is 4.98 Å². The molecule has 0 radical (unpaired) electrons. The second-order valence-electron chi connectivity index (χ2n) is 5.97. The van der Waals surface area contributed by atoms with Gasteiger partial charge in [0.2, 0.25) is 5.89 Å². The average Bonchev–Trinajstić information content (AvgIpc) is 3.11. The molecule has 1 N–H and O–H groups in total. The van der Waals surface area contributed by atoms with Crippen molar-refractivity contribution < 1.29 is 14.1 Å². The minimum Gasteiger partial charge on any atom is -0.436 e. The molecule has 7 nitrogen and oxygen atoms in total. The summed E-state index contributed by atoms with van der Waals surface area (Å²) in [5, 5.41) is 14.1. The van der Waals surface area contributed by atoms with Gasteiger partial charge >= 0.3 is 0 Å². The number of hydrogen-bond donors (Lipinski definition) is 1. The lowest BCUT2D eigenvalue weighted by molar-refractivity contribution is -0.384. The first kappa shape index (κ1) is 17.7. The van der Waals surface area contributed by atoms with Crippen molar-refractivity contribution >= 4 is 40.0 Å². The SMILES string of the molecule is O=C(Nc1ccc2nc(-c3cccc(Cl)c3)oc2c1)c1cccc([N+](=O)[O-])c1. The predicted molar refractivity (Wildman–Crippen MR) is 106 cm³/mol. The minimum atomic E-state index is -0.547. The average molecular weight is 394 g/mol. The van der Waals surface area contributed by atoms with Crippen LogP contribution < -0.4 is 5.32 Å². The molecule has 0 spiro atoms. The van der Waals surface area contributed by atoms with Gasteiger partial charge in [-0.05, 0) is 36.4 Å². The summed E-state index contributed by atoms with van der Waals surface area (Å²) in [5.41, 5.74) is 2.38. The highest BCUT2D eigenvalue weighted by molar-refractivity contribution is 6.30. The van der Waals surface area contributed by atoms with E-state index in [9.17, 15) is 14.9 Å². The van der Waals surface area contributed by atoms with Crippen LogP contribution in [-0.4, -0.2) is 15.8 Å². The number of carbonyl (C=O) groups excluding carboxylic acids is 1. The monoisotopic (exact) mass is 393 g/mol. The zero-order valence-electron chi connectivity index (χ0n) is 14.3. The molecule has 8 heteroatoms. The van der Waals surface area contributed by atoms with Gasteiger partial charge in [0.25, 0.3) is 11.6 Å². The molecule has 0 aliphatic heterocycles. The predicted octanol–water partition coefficient (Wildman–Crippen LogP) is 5.31. The molecule has 0 saturated carbocycles. The van der Waals surface area contributed by atoms with E-state index in [0.717, 1.165) is 5.56 Å². The van der Waals surface area contributed by atoms with Gasteiger partial charge in [0, 0.05) is 40.0 Å². The number of non-ortho nitro benzene ring substituents is 1. The Bertz CT molecular complexity index is 1220. The fourth-order valence-corrected chi connectivity index (χ4v) is 2.90. The molecular weight excluding hydrogens is 382 g/mol. The van der Waals surface area contributed by atoms with Crippen LogP contribution >= 0.6 is 11.6 Å². The Morgan fingerprint density at radius 3 is 2.68 bits per heavy atom. The number of nitrogens with zero attached hydrogens (tertiary/aromatic N) is 2. The van der Waals surface area contributed by atoms with Crippen LogP contribution in [0.3, 0.4) is 0 Å². The van der Waals surface area contributed by atoms with Crippen LogP contribution in [0.15, 0.2) is 71.1 Å². The van der Waals surface area contributed by atoms with Crippen LogP contribution in [-0.2, 0) is 0 Å². The quantitative estimate of drug-likeness (QED) is 0.374. The molecule has 0 aliphatic carbocycles. The van der Waals surface area contributed by atoms with Crippen LogP contribution in [0, 0.1) is 10.1 Å². The van der Waals surface area contributed by atoms with E-state index in [1.807, 2.05) is 6.07 Å². The molecule has 3 aromatic carbocycles. The maximum absolute atomic E-state index is 12.4. The molecule has 4 rings (SSSR count). The number of amides is 1. The minimum absolute atomic E-state index is 0.149. The molecule has 1 heterocycles. The lowest BCUT2D eigenvalue weighted by Crippen LogP contribution is -2.11. The van der Waals surface area contributed by atoms with Gasteiger partial charge in [0.1, 0.15) is 5.52 Å². The number of nitro groups is 1. The Morgan fingerprint density at radius 2 is 1.89 bits per heavy atom. The summed E-state index contributed by atoms with van der Waals surface area (Å²) in [5.74, 6) is -0.0442. The van der Waals surface area contributed by atoms with E-state index in [0.29, 0.717) is 27.7 Å². The van der Waals surface area contributed by atoms with Crippen LogP contribution in [0.5, 0.6) is 0 Å². The number of nitrogens with one attached hydrogen (secondary N) is 1. The number of carbonyl (C=O) groups is 1. The molecular formula is C20H12ClN3O4. The maximum Gasteiger partial charge on any atom is 0.270 e. The van der Waals surface area contributed by atoms with E-state index >= 15 is 0 Å².